The average Bonchev–Trinajstić information content (AvgIpc) is 2.54. The van der Waals surface area contributed by atoms with E-state index in [9.17, 15) is 0 Å². The second-order valence-corrected chi connectivity index (χ2v) is 8.42. The molecule has 1 aliphatic rings. The highest BCUT2D eigenvalue weighted by Gasteiger charge is 2.34. The summed E-state index contributed by atoms with van der Waals surface area (Å²) in [4.78, 5) is 0. The third-order valence-electron chi connectivity index (χ3n) is 6.07. The van der Waals surface area contributed by atoms with E-state index in [4.69, 9.17) is 0 Å². The van der Waals surface area contributed by atoms with Gasteiger partial charge in [0.25, 0.3) is 0 Å². The normalized spacial score (nSPS) is 24.3. The van der Waals surface area contributed by atoms with Crippen molar-refractivity contribution >= 4 is 5.69 Å². The zero-order valence-electron chi connectivity index (χ0n) is 16.8. The number of fused-ring (bicyclic) bond motifs is 1. The lowest BCUT2D eigenvalue weighted by atomic mass is 9.74. The Hall–Kier alpha value is -0.980. The summed E-state index contributed by atoms with van der Waals surface area (Å²) in [5, 5.41) is 3.94. The van der Waals surface area contributed by atoms with E-state index < -0.39 is 0 Å². The molecule has 1 nitrogen and oxygen atoms in total. The van der Waals surface area contributed by atoms with Crippen molar-refractivity contribution < 1.29 is 0 Å². The SMILES string of the molecule is CCCCC(CC)CCC1(C)CC(CCC)c2ccc(C)cc2N1. The third kappa shape index (κ3) is 5.01. The first kappa shape index (κ1) is 19.3. The van der Waals surface area contributed by atoms with Gasteiger partial charge in [-0.2, -0.15) is 0 Å². The Labute approximate surface area is 150 Å². The Morgan fingerprint density at radius 3 is 2.62 bits per heavy atom. The van der Waals surface area contributed by atoms with E-state index in [0.717, 1.165) is 11.8 Å². The van der Waals surface area contributed by atoms with Crippen molar-refractivity contribution in [2.75, 3.05) is 5.32 Å². The fraction of sp³-hybridized carbons (Fsp3) is 0.739. The van der Waals surface area contributed by atoms with Gasteiger partial charge >= 0.3 is 0 Å². The van der Waals surface area contributed by atoms with Crippen LogP contribution in [0, 0.1) is 12.8 Å². The van der Waals surface area contributed by atoms with Gasteiger partial charge in [0.1, 0.15) is 0 Å². The number of rotatable bonds is 9. The second-order valence-electron chi connectivity index (χ2n) is 8.42. The van der Waals surface area contributed by atoms with Crippen LogP contribution in [0.25, 0.3) is 0 Å². The van der Waals surface area contributed by atoms with Crippen molar-refractivity contribution in [2.45, 2.75) is 104 Å². The molecule has 1 N–H and O–H groups in total. The van der Waals surface area contributed by atoms with Crippen LogP contribution in [0.3, 0.4) is 0 Å². The van der Waals surface area contributed by atoms with Gasteiger partial charge in [0.05, 0.1) is 0 Å². The van der Waals surface area contributed by atoms with Crippen LogP contribution in [-0.2, 0) is 0 Å². The number of unbranched alkanes of at least 4 members (excludes halogenated alkanes) is 1. The molecule has 0 bridgehead atoms. The van der Waals surface area contributed by atoms with Crippen LogP contribution in [0.2, 0.25) is 0 Å². The number of nitrogens with one attached hydrogen (secondary N) is 1. The van der Waals surface area contributed by atoms with Gasteiger partial charge in [-0.25, -0.2) is 0 Å². The summed E-state index contributed by atoms with van der Waals surface area (Å²) in [6.45, 7) is 11.7. The van der Waals surface area contributed by atoms with E-state index in [1.165, 1.54) is 69.0 Å². The minimum Gasteiger partial charge on any atom is -0.380 e. The molecule has 1 heterocycles. The summed E-state index contributed by atoms with van der Waals surface area (Å²) in [6.07, 6.45) is 12.0. The Morgan fingerprint density at radius 2 is 1.96 bits per heavy atom. The summed E-state index contributed by atoms with van der Waals surface area (Å²) >= 11 is 0. The van der Waals surface area contributed by atoms with Crippen molar-refractivity contribution in [3.05, 3.63) is 29.3 Å². The average molecular weight is 330 g/mol. The highest BCUT2D eigenvalue weighted by molar-refractivity contribution is 5.58. The monoisotopic (exact) mass is 329 g/mol. The molecule has 0 aromatic heterocycles. The highest BCUT2D eigenvalue weighted by Crippen LogP contribution is 2.44. The highest BCUT2D eigenvalue weighted by atomic mass is 15.0. The van der Waals surface area contributed by atoms with Crippen LogP contribution < -0.4 is 5.32 Å². The van der Waals surface area contributed by atoms with E-state index in [1.54, 1.807) is 5.56 Å². The van der Waals surface area contributed by atoms with Crippen LogP contribution in [-0.4, -0.2) is 5.54 Å². The van der Waals surface area contributed by atoms with Crippen LogP contribution in [0.4, 0.5) is 5.69 Å². The smallest absolute Gasteiger partial charge is 0.0382 e. The molecule has 2 rings (SSSR count). The Kier molecular flexibility index (Phi) is 7.19. The molecule has 0 spiro atoms. The van der Waals surface area contributed by atoms with Gasteiger partial charge in [-0.1, -0.05) is 65.0 Å². The fourth-order valence-corrected chi connectivity index (χ4v) is 4.50. The number of hydrogen-bond acceptors (Lipinski definition) is 1. The summed E-state index contributed by atoms with van der Waals surface area (Å²) in [6, 6.07) is 7.02. The molecule has 3 atom stereocenters. The van der Waals surface area contributed by atoms with Crippen molar-refractivity contribution in [3.8, 4) is 0 Å². The molecule has 1 heteroatoms. The minimum absolute atomic E-state index is 0.264. The standard InChI is InChI=1S/C23H39N/c1-6-9-11-19(8-3)14-15-23(5)17-20(10-7-2)21-13-12-18(4)16-22(21)24-23/h12-13,16,19-20,24H,6-11,14-15,17H2,1-5H3. The Bertz CT molecular complexity index is 507. The Balaban J connectivity index is 2.09. The lowest BCUT2D eigenvalue weighted by Crippen LogP contribution is -2.40. The van der Waals surface area contributed by atoms with Gasteiger partial charge in [0, 0.05) is 11.2 Å². The van der Waals surface area contributed by atoms with Crippen LogP contribution >= 0.6 is 0 Å². The number of anilines is 1. The topological polar surface area (TPSA) is 12.0 Å². The van der Waals surface area contributed by atoms with Crippen LogP contribution in [0.1, 0.15) is 103 Å². The van der Waals surface area contributed by atoms with Gasteiger partial charge < -0.3 is 5.32 Å². The quantitative estimate of drug-likeness (QED) is 0.496. The van der Waals surface area contributed by atoms with Gasteiger partial charge in [0.2, 0.25) is 0 Å². The molecule has 1 aliphatic heterocycles. The van der Waals surface area contributed by atoms with Gasteiger partial charge in [-0.3, -0.25) is 0 Å². The van der Waals surface area contributed by atoms with Gasteiger partial charge in [-0.05, 0) is 68.6 Å². The van der Waals surface area contributed by atoms with Gasteiger partial charge in [-0.15, -0.1) is 0 Å². The van der Waals surface area contributed by atoms with Crippen LogP contribution in [0.5, 0.6) is 0 Å². The first-order chi connectivity index (χ1) is 11.5. The summed E-state index contributed by atoms with van der Waals surface area (Å²) < 4.78 is 0. The molecule has 24 heavy (non-hydrogen) atoms. The molecule has 1 aromatic rings. The molecule has 0 saturated carbocycles. The first-order valence-corrected chi connectivity index (χ1v) is 10.4. The number of hydrogen-bond donors (Lipinski definition) is 1. The van der Waals surface area contributed by atoms with Crippen molar-refractivity contribution in [1.82, 2.24) is 0 Å². The van der Waals surface area contributed by atoms with E-state index in [2.05, 4.69) is 58.1 Å². The number of benzene rings is 1. The van der Waals surface area contributed by atoms with E-state index >= 15 is 0 Å². The first-order valence-electron chi connectivity index (χ1n) is 10.4. The molecule has 0 radical (unpaired) electrons. The lowest BCUT2D eigenvalue weighted by Gasteiger charge is -2.42. The van der Waals surface area contributed by atoms with Crippen LogP contribution in [0.15, 0.2) is 18.2 Å². The maximum atomic E-state index is 3.94. The van der Waals surface area contributed by atoms with E-state index in [1.807, 2.05) is 0 Å². The van der Waals surface area contributed by atoms with Gasteiger partial charge in [0.15, 0.2) is 0 Å². The predicted molar refractivity (Wildman–Crippen MR) is 108 cm³/mol. The second kappa shape index (κ2) is 8.92. The molecular weight excluding hydrogens is 290 g/mol. The van der Waals surface area contributed by atoms with E-state index in [-0.39, 0.29) is 5.54 Å². The maximum Gasteiger partial charge on any atom is 0.0382 e. The minimum atomic E-state index is 0.264. The maximum absolute atomic E-state index is 3.94. The molecule has 0 amide bonds. The molecule has 0 saturated heterocycles. The molecule has 1 aromatic carbocycles. The Morgan fingerprint density at radius 1 is 1.17 bits per heavy atom. The number of aryl methyl sites for hydroxylation is 1. The summed E-state index contributed by atoms with van der Waals surface area (Å²) in [7, 11) is 0. The zero-order valence-corrected chi connectivity index (χ0v) is 16.8. The molecule has 136 valence electrons. The molecule has 0 fully saturated rings. The largest absolute Gasteiger partial charge is 0.380 e. The fourth-order valence-electron chi connectivity index (χ4n) is 4.50. The lowest BCUT2D eigenvalue weighted by molar-refractivity contribution is 0.315. The summed E-state index contributed by atoms with van der Waals surface area (Å²) in [5.41, 5.74) is 4.59. The third-order valence-corrected chi connectivity index (χ3v) is 6.07. The molecule has 0 aliphatic carbocycles. The predicted octanol–water partition coefficient (Wildman–Crippen LogP) is 7.45. The van der Waals surface area contributed by atoms with Crippen molar-refractivity contribution in [1.29, 1.82) is 0 Å². The summed E-state index contributed by atoms with van der Waals surface area (Å²) in [5.74, 6) is 1.64. The zero-order chi connectivity index (χ0) is 17.6. The van der Waals surface area contributed by atoms with Crippen molar-refractivity contribution in [3.63, 3.8) is 0 Å². The molecular formula is C23H39N. The van der Waals surface area contributed by atoms with Crippen molar-refractivity contribution in [2.24, 2.45) is 5.92 Å². The van der Waals surface area contributed by atoms with E-state index in [0.29, 0.717) is 0 Å². The molecule has 3 unspecified atom stereocenters.